The van der Waals surface area contributed by atoms with Crippen LogP contribution in [0.5, 0.6) is 5.75 Å². The van der Waals surface area contributed by atoms with Crippen LogP contribution in [0, 0.1) is 0 Å². The van der Waals surface area contributed by atoms with Gasteiger partial charge in [-0.25, -0.2) is 0 Å². The number of benzene rings is 2. The van der Waals surface area contributed by atoms with E-state index in [1.165, 1.54) is 6.08 Å². The Kier molecular flexibility index (Phi) is 6.20. The largest absolute Gasteiger partial charge is 0.487 e. The summed E-state index contributed by atoms with van der Waals surface area (Å²) in [5.74, 6) is 0.426. The van der Waals surface area contributed by atoms with E-state index in [0.717, 1.165) is 23.2 Å². The summed E-state index contributed by atoms with van der Waals surface area (Å²) in [5, 5.41) is 2.89. The number of aryl methyl sites for hydroxylation is 1. The number of carbonyl (C=O) groups is 1. The molecule has 0 atom stereocenters. The van der Waals surface area contributed by atoms with Crippen LogP contribution in [0.25, 0.3) is 6.08 Å². The Hall–Kier alpha value is -3.01. The third kappa shape index (κ3) is 4.74. The van der Waals surface area contributed by atoms with Gasteiger partial charge in [0, 0.05) is 11.8 Å². The molecule has 0 unspecified atom stereocenters. The Morgan fingerprint density at radius 2 is 2.08 bits per heavy atom. The molecule has 2 aromatic carbocycles. The van der Waals surface area contributed by atoms with Crippen molar-refractivity contribution in [1.29, 1.82) is 0 Å². The molecule has 2 rings (SSSR count). The number of nitrogens with one attached hydrogen (secondary N) is 1. The zero-order valence-electron chi connectivity index (χ0n) is 13.8. The van der Waals surface area contributed by atoms with E-state index < -0.39 is 0 Å². The summed E-state index contributed by atoms with van der Waals surface area (Å²) in [6.45, 7) is 6.05. The lowest BCUT2D eigenvalue weighted by atomic mass is 10.1. The van der Waals surface area contributed by atoms with Gasteiger partial charge in [0.1, 0.15) is 12.4 Å². The molecule has 4 heteroatoms. The van der Waals surface area contributed by atoms with Gasteiger partial charge in [0.2, 0.25) is 5.91 Å². The highest BCUT2D eigenvalue weighted by molar-refractivity contribution is 6.02. The third-order valence-corrected chi connectivity index (χ3v) is 3.47. The minimum Gasteiger partial charge on any atom is -0.487 e. The summed E-state index contributed by atoms with van der Waals surface area (Å²) in [7, 11) is 0. The molecular weight excluding hydrogens is 300 g/mol. The number of rotatable bonds is 7. The van der Waals surface area contributed by atoms with Gasteiger partial charge in [-0.2, -0.15) is 0 Å². The van der Waals surface area contributed by atoms with Gasteiger partial charge in [0.05, 0.1) is 5.69 Å². The first-order valence-electron chi connectivity index (χ1n) is 7.84. The molecule has 0 aliphatic heterocycles. The zero-order valence-corrected chi connectivity index (χ0v) is 13.8. The van der Waals surface area contributed by atoms with E-state index >= 15 is 0 Å². The van der Waals surface area contributed by atoms with Crippen LogP contribution in [-0.2, 0) is 11.2 Å². The van der Waals surface area contributed by atoms with Crippen molar-refractivity contribution in [2.75, 3.05) is 17.7 Å². The number of carbonyl (C=O) groups excluding carboxylic acids is 1. The lowest BCUT2D eigenvalue weighted by Gasteiger charge is -2.08. The van der Waals surface area contributed by atoms with Crippen molar-refractivity contribution in [1.82, 2.24) is 0 Å². The Morgan fingerprint density at radius 1 is 1.29 bits per heavy atom. The van der Waals surface area contributed by atoms with Crippen molar-refractivity contribution < 1.29 is 9.53 Å². The van der Waals surface area contributed by atoms with E-state index in [-0.39, 0.29) is 5.91 Å². The van der Waals surface area contributed by atoms with Crippen molar-refractivity contribution in [3.8, 4) is 5.75 Å². The molecule has 0 saturated carbocycles. The third-order valence-electron chi connectivity index (χ3n) is 3.47. The Labute approximate surface area is 142 Å². The van der Waals surface area contributed by atoms with E-state index in [1.807, 2.05) is 30.3 Å². The van der Waals surface area contributed by atoms with Crippen LogP contribution in [-0.4, -0.2) is 12.5 Å². The number of nitrogen functional groups attached to an aromatic ring is 1. The van der Waals surface area contributed by atoms with Crippen molar-refractivity contribution in [2.24, 2.45) is 0 Å². The molecule has 2 aromatic rings. The number of hydrogen-bond donors (Lipinski definition) is 2. The summed E-state index contributed by atoms with van der Waals surface area (Å²) in [5.41, 5.74) is 9.23. The maximum atomic E-state index is 12.1. The summed E-state index contributed by atoms with van der Waals surface area (Å²) < 4.78 is 5.42. The second-order valence-corrected chi connectivity index (χ2v) is 5.23. The van der Waals surface area contributed by atoms with Gasteiger partial charge < -0.3 is 15.8 Å². The summed E-state index contributed by atoms with van der Waals surface area (Å²) in [6.07, 6.45) is 5.73. The molecule has 24 heavy (non-hydrogen) atoms. The second kappa shape index (κ2) is 8.58. The van der Waals surface area contributed by atoms with E-state index in [4.69, 9.17) is 10.5 Å². The minimum atomic E-state index is -0.179. The highest BCUT2D eigenvalue weighted by Crippen LogP contribution is 2.23. The van der Waals surface area contributed by atoms with Gasteiger partial charge >= 0.3 is 0 Å². The van der Waals surface area contributed by atoms with Crippen LogP contribution in [0.15, 0.2) is 61.2 Å². The lowest BCUT2D eigenvalue weighted by Crippen LogP contribution is -2.09. The second-order valence-electron chi connectivity index (χ2n) is 5.23. The topological polar surface area (TPSA) is 64.3 Å². The van der Waals surface area contributed by atoms with Gasteiger partial charge in [0.25, 0.3) is 0 Å². The quantitative estimate of drug-likeness (QED) is 0.459. The standard InChI is InChI=1S/C20H22N2O2/c1-3-13-24-19-11-9-15(14-17(19)21)10-12-20(23)22-18-8-6-5-7-16(18)4-2/h3,5-12,14H,1,4,13,21H2,2H3,(H,22,23)/b12-10-. The van der Waals surface area contributed by atoms with Gasteiger partial charge in [0.15, 0.2) is 0 Å². The first kappa shape index (κ1) is 17.3. The monoisotopic (exact) mass is 322 g/mol. The van der Waals surface area contributed by atoms with Crippen molar-refractivity contribution in [3.05, 3.63) is 72.3 Å². The van der Waals surface area contributed by atoms with E-state index in [9.17, 15) is 4.79 Å². The molecule has 4 nitrogen and oxygen atoms in total. The average Bonchev–Trinajstić information content (AvgIpc) is 2.59. The molecular formula is C20H22N2O2. The van der Waals surface area contributed by atoms with E-state index in [1.54, 1.807) is 24.3 Å². The molecule has 0 saturated heterocycles. The van der Waals surface area contributed by atoms with Crippen LogP contribution in [0.3, 0.4) is 0 Å². The van der Waals surface area contributed by atoms with Crippen LogP contribution < -0.4 is 15.8 Å². The highest BCUT2D eigenvalue weighted by atomic mass is 16.5. The summed E-state index contributed by atoms with van der Waals surface area (Å²) >= 11 is 0. The maximum absolute atomic E-state index is 12.1. The lowest BCUT2D eigenvalue weighted by molar-refractivity contribution is -0.111. The van der Waals surface area contributed by atoms with E-state index in [2.05, 4.69) is 18.8 Å². The molecule has 0 aromatic heterocycles. The molecule has 3 N–H and O–H groups in total. The average molecular weight is 322 g/mol. The van der Waals surface area contributed by atoms with Crippen molar-refractivity contribution >= 4 is 23.4 Å². The first-order chi connectivity index (χ1) is 11.6. The molecule has 0 radical (unpaired) electrons. The molecule has 0 fully saturated rings. The summed E-state index contributed by atoms with van der Waals surface area (Å²) in [6, 6.07) is 13.2. The Bertz CT molecular complexity index is 751. The summed E-state index contributed by atoms with van der Waals surface area (Å²) in [4.78, 5) is 12.1. The number of nitrogens with two attached hydrogens (primary N) is 1. The molecule has 0 bridgehead atoms. The van der Waals surface area contributed by atoms with Gasteiger partial charge in [-0.15, -0.1) is 0 Å². The zero-order chi connectivity index (χ0) is 17.4. The minimum absolute atomic E-state index is 0.179. The van der Waals surface area contributed by atoms with Gasteiger partial charge in [-0.05, 0) is 41.8 Å². The molecule has 1 amide bonds. The first-order valence-corrected chi connectivity index (χ1v) is 7.84. The predicted octanol–water partition coefficient (Wildman–Crippen LogP) is 4.05. The fraction of sp³-hybridized carbons (Fsp3) is 0.150. The van der Waals surface area contributed by atoms with Crippen molar-refractivity contribution in [2.45, 2.75) is 13.3 Å². The van der Waals surface area contributed by atoms with Crippen LogP contribution in [0.4, 0.5) is 11.4 Å². The smallest absolute Gasteiger partial charge is 0.248 e. The predicted molar refractivity (Wildman–Crippen MR) is 100 cm³/mol. The Morgan fingerprint density at radius 3 is 2.79 bits per heavy atom. The number of para-hydroxylation sites is 1. The SMILES string of the molecule is C=CCOc1ccc(/C=C\C(=O)Nc2ccccc2CC)cc1N. The molecule has 124 valence electrons. The van der Waals surface area contributed by atoms with Crippen LogP contribution >= 0.6 is 0 Å². The van der Waals surface area contributed by atoms with Crippen LogP contribution in [0.2, 0.25) is 0 Å². The number of anilines is 2. The number of hydrogen-bond acceptors (Lipinski definition) is 3. The molecule has 0 aliphatic carbocycles. The molecule has 0 spiro atoms. The van der Waals surface area contributed by atoms with Crippen molar-refractivity contribution in [3.63, 3.8) is 0 Å². The normalized spacial score (nSPS) is 10.5. The maximum Gasteiger partial charge on any atom is 0.248 e. The molecule has 0 aliphatic rings. The number of amides is 1. The Balaban J connectivity index is 2.03. The van der Waals surface area contributed by atoms with Gasteiger partial charge in [-0.3, -0.25) is 4.79 Å². The van der Waals surface area contributed by atoms with Crippen LogP contribution in [0.1, 0.15) is 18.1 Å². The van der Waals surface area contributed by atoms with E-state index in [0.29, 0.717) is 18.0 Å². The fourth-order valence-electron chi connectivity index (χ4n) is 2.25. The fourth-order valence-corrected chi connectivity index (χ4v) is 2.25. The number of ether oxygens (including phenoxy) is 1. The van der Waals surface area contributed by atoms with Gasteiger partial charge in [-0.1, -0.05) is 43.8 Å². The highest BCUT2D eigenvalue weighted by Gasteiger charge is 2.03. The molecule has 0 heterocycles.